The quantitative estimate of drug-likeness (QED) is 0.797. The van der Waals surface area contributed by atoms with Gasteiger partial charge in [0.2, 0.25) is 5.91 Å². The summed E-state index contributed by atoms with van der Waals surface area (Å²) in [6, 6.07) is 0.759. The van der Waals surface area contributed by atoms with Gasteiger partial charge in [-0.2, -0.15) is 10.1 Å². The van der Waals surface area contributed by atoms with Gasteiger partial charge in [-0.3, -0.25) is 9.48 Å². The maximum atomic E-state index is 11.8. The molecule has 2 aromatic heterocycles. The molecule has 2 aromatic rings. The lowest BCUT2D eigenvalue weighted by Gasteiger charge is -2.37. The number of carbonyl (C=O) groups excluding carboxylic acids is 1. The zero-order valence-electron chi connectivity index (χ0n) is 12.9. The Hall–Kier alpha value is -2.42. The first kappa shape index (κ1) is 14.2. The van der Waals surface area contributed by atoms with E-state index in [1.54, 1.807) is 18.2 Å². The minimum Gasteiger partial charge on any atom is -0.377 e. The smallest absolute Gasteiger partial charge is 0.324 e. The summed E-state index contributed by atoms with van der Waals surface area (Å²) >= 11 is 0. The number of ether oxygens (including phenoxy) is 1. The number of anilines is 2. The van der Waals surface area contributed by atoms with Crippen molar-refractivity contribution in [1.82, 2.24) is 19.9 Å². The van der Waals surface area contributed by atoms with E-state index in [0.29, 0.717) is 24.9 Å². The van der Waals surface area contributed by atoms with Crippen LogP contribution < -0.4 is 9.80 Å². The molecule has 122 valence electrons. The lowest BCUT2D eigenvalue weighted by atomic mass is 10.1. The van der Waals surface area contributed by atoms with Crippen LogP contribution in [0.1, 0.15) is 24.7 Å². The van der Waals surface area contributed by atoms with Crippen LogP contribution >= 0.6 is 0 Å². The topological polar surface area (TPSA) is 89.5 Å². The highest BCUT2D eigenvalue weighted by Crippen LogP contribution is 2.28. The maximum absolute atomic E-state index is 11.8. The normalized spacial score (nSPS) is 18.7. The van der Waals surface area contributed by atoms with E-state index in [0.717, 1.165) is 31.7 Å². The molecule has 2 saturated heterocycles. The number of nitrogens with zero attached hydrogens (tertiary/aromatic N) is 6. The van der Waals surface area contributed by atoms with Crippen LogP contribution in [0.15, 0.2) is 16.9 Å². The van der Waals surface area contributed by atoms with Gasteiger partial charge in [-0.25, -0.2) is 0 Å². The van der Waals surface area contributed by atoms with Crippen molar-refractivity contribution < 1.29 is 14.1 Å². The molecule has 23 heavy (non-hydrogen) atoms. The standard InChI is InChI=1S/C14H18N6O3/c1-22-9-12-16-14(23-17-12)18-6-11(7-18)20-8-10(5-15-20)19-4-2-3-13(19)21/h5,8,11H,2-4,6-7,9H2,1H3. The molecule has 0 atom stereocenters. The van der Waals surface area contributed by atoms with Gasteiger partial charge < -0.3 is 19.1 Å². The van der Waals surface area contributed by atoms with Gasteiger partial charge in [0.1, 0.15) is 6.61 Å². The van der Waals surface area contributed by atoms with Gasteiger partial charge in [0.25, 0.3) is 0 Å². The van der Waals surface area contributed by atoms with Crippen LogP contribution in [0.3, 0.4) is 0 Å². The van der Waals surface area contributed by atoms with Crippen molar-refractivity contribution in [2.75, 3.05) is 36.5 Å². The third-order valence-electron chi connectivity index (χ3n) is 4.21. The van der Waals surface area contributed by atoms with Crippen molar-refractivity contribution in [3.63, 3.8) is 0 Å². The molecule has 2 aliphatic rings. The SMILES string of the molecule is COCc1noc(N2CC(n3cc(N4CCCC4=O)cn3)C2)n1. The largest absolute Gasteiger partial charge is 0.377 e. The van der Waals surface area contributed by atoms with E-state index in [1.807, 2.05) is 15.8 Å². The van der Waals surface area contributed by atoms with Gasteiger partial charge in [0.05, 0.1) is 17.9 Å². The van der Waals surface area contributed by atoms with Crippen molar-refractivity contribution in [1.29, 1.82) is 0 Å². The number of methoxy groups -OCH3 is 1. The molecule has 0 unspecified atom stereocenters. The van der Waals surface area contributed by atoms with Crippen molar-refractivity contribution in [2.45, 2.75) is 25.5 Å². The van der Waals surface area contributed by atoms with Gasteiger partial charge in [-0.05, 0) is 6.42 Å². The molecule has 0 N–H and O–H groups in total. The maximum Gasteiger partial charge on any atom is 0.324 e. The number of rotatable bonds is 5. The Morgan fingerprint density at radius 3 is 3.04 bits per heavy atom. The minimum absolute atomic E-state index is 0.177. The van der Waals surface area contributed by atoms with Gasteiger partial charge in [-0.15, -0.1) is 0 Å². The lowest BCUT2D eigenvalue weighted by molar-refractivity contribution is -0.117. The van der Waals surface area contributed by atoms with Crippen molar-refractivity contribution in [3.8, 4) is 0 Å². The molecule has 1 amide bonds. The van der Waals surface area contributed by atoms with Crippen molar-refractivity contribution in [2.24, 2.45) is 0 Å². The van der Waals surface area contributed by atoms with Gasteiger partial charge >= 0.3 is 6.01 Å². The van der Waals surface area contributed by atoms with Crippen LogP contribution in [0.4, 0.5) is 11.7 Å². The summed E-state index contributed by atoms with van der Waals surface area (Å²) in [4.78, 5) is 19.8. The fraction of sp³-hybridized carbons (Fsp3) is 0.571. The first-order valence-corrected chi connectivity index (χ1v) is 7.65. The van der Waals surface area contributed by atoms with E-state index in [1.165, 1.54) is 0 Å². The Kier molecular flexibility index (Phi) is 3.49. The predicted octanol–water partition coefficient (Wildman–Crippen LogP) is 0.601. The van der Waals surface area contributed by atoms with E-state index < -0.39 is 0 Å². The third-order valence-corrected chi connectivity index (χ3v) is 4.21. The van der Waals surface area contributed by atoms with E-state index in [4.69, 9.17) is 9.26 Å². The zero-order valence-corrected chi connectivity index (χ0v) is 12.9. The van der Waals surface area contributed by atoms with Gasteiger partial charge in [-0.1, -0.05) is 5.16 Å². The van der Waals surface area contributed by atoms with E-state index in [2.05, 4.69) is 15.2 Å². The van der Waals surface area contributed by atoms with Crippen LogP contribution in [0, 0.1) is 0 Å². The second kappa shape index (κ2) is 5.65. The molecule has 0 spiro atoms. The Balaban J connectivity index is 1.38. The molecule has 0 radical (unpaired) electrons. The number of hydrogen-bond donors (Lipinski definition) is 0. The zero-order chi connectivity index (χ0) is 15.8. The summed E-state index contributed by atoms with van der Waals surface area (Å²) in [6.45, 7) is 2.63. The summed E-state index contributed by atoms with van der Waals surface area (Å²) in [5, 5.41) is 8.24. The summed E-state index contributed by atoms with van der Waals surface area (Å²) in [5.74, 6) is 0.719. The van der Waals surface area contributed by atoms with Gasteiger partial charge in [0, 0.05) is 39.4 Å². The Labute approximate surface area is 132 Å². The van der Waals surface area contributed by atoms with Crippen molar-refractivity contribution >= 4 is 17.6 Å². The minimum atomic E-state index is 0.177. The summed E-state index contributed by atoms with van der Waals surface area (Å²) in [5.41, 5.74) is 0.881. The molecule has 0 bridgehead atoms. The molecule has 0 aliphatic carbocycles. The number of amides is 1. The van der Waals surface area contributed by atoms with Crippen LogP contribution in [-0.4, -0.2) is 52.6 Å². The fourth-order valence-electron chi connectivity index (χ4n) is 2.93. The Bertz CT molecular complexity index is 705. The van der Waals surface area contributed by atoms with E-state index in [9.17, 15) is 4.79 Å². The first-order valence-electron chi connectivity index (χ1n) is 7.65. The fourth-order valence-corrected chi connectivity index (χ4v) is 2.93. The molecule has 9 heteroatoms. The van der Waals surface area contributed by atoms with E-state index >= 15 is 0 Å². The molecular weight excluding hydrogens is 300 g/mol. The molecular formula is C14H18N6O3. The summed E-state index contributed by atoms with van der Waals surface area (Å²) in [7, 11) is 1.59. The van der Waals surface area contributed by atoms with Crippen molar-refractivity contribution in [3.05, 3.63) is 18.2 Å². The lowest BCUT2D eigenvalue weighted by Crippen LogP contribution is -2.48. The monoisotopic (exact) mass is 318 g/mol. The molecule has 2 aliphatic heterocycles. The average molecular weight is 318 g/mol. The summed E-state index contributed by atoms with van der Waals surface area (Å²) in [6.07, 6.45) is 5.25. The second-order valence-electron chi connectivity index (χ2n) is 5.81. The Morgan fingerprint density at radius 2 is 2.30 bits per heavy atom. The predicted molar refractivity (Wildman–Crippen MR) is 80.1 cm³/mol. The first-order chi connectivity index (χ1) is 11.2. The second-order valence-corrected chi connectivity index (χ2v) is 5.81. The highest BCUT2D eigenvalue weighted by atomic mass is 16.5. The highest BCUT2D eigenvalue weighted by Gasteiger charge is 2.33. The number of carbonyl (C=O) groups is 1. The molecule has 4 rings (SSSR count). The van der Waals surface area contributed by atoms with Gasteiger partial charge in [0.15, 0.2) is 5.82 Å². The summed E-state index contributed by atoms with van der Waals surface area (Å²) < 4.78 is 12.1. The van der Waals surface area contributed by atoms with Crippen LogP contribution in [-0.2, 0) is 16.1 Å². The van der Waals surface area contributed by atoms with Crippen LogP contribution in [0.25, 0.3) is 0 Å². The van der Waals surface area contributed by atoms with Crippen LogP contribution in [0.2, 0.25) is 0 Å². The molecule has 4 heterocycles. The van der Waals surface area contributed by atoms with Crippen LogP contribution in [0.5, 0.6) is 0 Å². The third kappa shape index (κ3) is 2.56. The average Bonchev–Trinajstić information content (AvgIpc) is 3.19. The number of aromatic nitrogens is 4. The van der Waals surface area contributed by atoms with E-state index in [-0.39, 0.29) is 11.9 Å². The molecule has 2 fully saturated rings. The molecule has 0 saturated carbocycles. The number of hydrogen-bond acceptors (Lipinski definition) is 7. The highest BCUT2D eigenvalue weighted by molar-refractivity contribution is 5.95. The molecule has 9 nitrogen and oxygen atoms in total. The molecule has 0 aromatic carbocycles. The Morgan fingerprint density at radius 1 is 1.43 bits per heavy atom.